The molecule has 2 saturated heterocycles. The number of fused-ring (bicyclic) bond motifs is 2. The number of nitrogens with one attached hydrogen (secondary N) is 2. The van der Waals surface area contributed by atoms with Gasteiger partial charge in [-0.2, -0.15) is 4.31 Å². The normalized spacial score (nSPS) is 23.9. The smallest absolute Gasteiger partial charge is 0.408 e. The van der Waals surface area contributed by atoms with Gasteiger partial charge in [-0.3, -0.25) is 4.79 Å². The van der Waals surface area contributed by atoms with Crippen molar-refractivity contribution in [2.45, 2.75) is 70.2 Å². The van der Waals surface area contributed by atoms with E-state index in [4.69, 9.17) is 4.74 Å². The number of carbonyl (C=O) groups is 2. The number of benzene rings is 1. The van der Waals surface area contributed by atoms with Gasteiger partial charge >= 0.3 is 6.09 Å². The molecule has 0 radical (unpaired) electrons. The first-order chi connectivity index (χ1) is 16.0. The van der Waals surface area contributed by atoms with Gasteiger partial charge < -0.3 is 19.9 Å². The number of thiol groups is 1. The van der Waals surface area contributed by atoms with E-state index in [1.807, 2.05) is 0 Å². The van der Waals surface area contributed by atoms with Crippen LogP contribution in [0.3, 0.4) is 0 Å². The van der Waals surface area contributed by atoms with Gasteiger partial charge in [0.15, 0.2) is 0 Å². The lowest BCUT2D eigenvalue weighted by Gasteiger charge is -2.32. The summed E-state index contributed by atoms with van der Waals surface area (Å²) in [5.74, 6) is -0.923. The summed E-state index contributed by atoms with van der Waals surface area (Å²) in [6, 6.07) is 2.91. The van der Waals surface area contributed by atoms with Crippen molar-refractivity contribution in [3.8, 4) is 0 Å². The number of H-pyrrole nitrogens is 1. The van der Waals surface area contributed by atoms with E-state index in [2.05, 4.69) is 10.3 Å². The third-order valence-corrected chi connectivity index (χ3v) is 7.44. The first kappa shape index (κ1) is 24.5. The molecule has 0 saturated carbocycles. The summed E-state index contributed by atoms with van der Waals surface area (Å²) in [7, 11) is -2.84. The fraction of sp³-hybridized carbons (Fsp3) is 0.565. The Morgan fingerprint density at radius 1 is 1.32 bits per heavy atom. The van der Waals surface area contributed by atoms with E-state index in [0.29, 0.717) is 24.9 Å². The maximum atomic E-state index is 13.7. The van der Waals surface area contributed by atoms with Crippen LogP contribution in [0.5, 0.6) is 0 Å². The number of carbonyl (C=O) groups excluding carboxylic acids is 2. The molecule has 4 rings (SSSR count). The summed E-state index contributed by atoms with van der Waals surface area (Å²) in [6.45, 7) is 7.65. The van der Waals surface area contributed by atoms with Crippen LogP contribution in [-0.2, 0) is 20.4 Å². The molecule has 0 aliphatic carbocycles. The molecule has 186 valence electrons. The minimum absolute atomic E-state index is 0.235. The zero-order valence-corrected chi connectivity index (χ0v) is 20.6. The third-order valence-electron chi connectivity index (χ3n) is 6.56. The average molecular weight is 495 g/mol. The van der Waals surface area contributed by atoms with Crippen LogP contribution in [0.2, 0.25) is 0 Å². The number of nitrogens with zero attached hydrogens (tertiary/aromatic N) is 2. The SMILES string of the molecule is CCC(NC(=O)OC(C)(C)C)C(=O)N1CC[C@@H]2[C@H]1[C@H](c1c[nH]c3cc(F)ccc13)CN2[SH](=O)=O. The van der Waals surface area contributed by atoms with E-state index < -0.39 is 28.6 Å². The number of aromatic nitrogens is 1. The summed E-state index contributed by atoms with van der Waals surface area (Å²) in [4.78, 5) is 30.6. The van der Waals surface area contributed by atoms with E-state index in [1.165, 1.54) is 16.4 Å². The lowest BCUT2D eigenvalue weighted by molar-refractivity contribution is -0.134. The van der Waals surface area contributed by atoms with Gasteiger partial charge in [-0.05, 0) is 57.4 Å². The number of aromatic amines is 1. The summed E-state index contributed by atoms with van der Waals surface area (Å²) in [5.41, 5.74) is 0.762. The number of hydrogen-bond acceptors (Lipinski definition) is 5. The van der Waals surface area contributed by atoms with Crippen molar-refractivity contribution in [1.82, 2.24) is 19.5 Å². The Kier molecular flexibility index (Phi) is 6.61. The molecule has 2 fully saturated rings. The molecule has 0 spiro atoms. The molecule has 1 aromatic heterocycles. The molecule has 34 heavy (non-hydrogen) atoms. The van der Waals surface area contributed by atoms with Crippen LogP contribution < -0.4 is 5.32 Å². The van der Waals surface area contributed by atoms with Crippen molar-refractivity contribution < 1.29 is 27.1 Å². The molecule has 2 aromatic rings. The Bertz CT molecular complexity index is 1170. The predicted molar refractivity (Wildman–Crippen MR) is 125 cm³/mol. The largest absolute Gasteiger partial charge is 0.444 e. The van der Waals surface area contributed by atoms with Gasteiger partial charge in [-0.1, -0.05) is 6.92 Å². The van der Waals surface area contributed by atoms with Crippen molar-refractivity contribution in [3.63, 3.8) is 0 Å². The maximum absolute atomic E-state index is 13.7. The second-order valence-electron chi connectivity index (χ2n) is 9.89. The van der Waals surface area contributed by atoms with Gasteiger partial charge in [0.05, 0.1) is 6.04 Å². The molecular weight excluding hydrogens is 463 g/mol. The van der Waals surface area contributed by atoms with Gasteiger partial charge in [0, 0.05) is 42.1 Å². The molecular formula is C23H31FN4O5S. The summed E-state index contributed by atoms with van der Waals surface area (Å²) in [5, 5.41) is 3.46. The second kappa shape index (κ2) is 9.18. The number of likely N-dealkylation sites (tertiary alicyclic amines) is 1. The predicted octanol–water partition coefficient (Wildman–Crippen LogP) is 2.51. The number of ether oxygens (including phenoxy) is 1. The van der Waals surface area contributed by atoms with Crippen molar-refractivity contribution in [2.24, 2.45) is 0 Å². The highest BCUT2D eigenvalue weighted by Crippen LogP contribution is 2.43. The van der Waals surface area contributed by atoms with E-state index >= 15 is 0 Å². The number of halogens is 1. The molecule has 0 bridgehead atoms. The summed E-state index contributed by atoms with van der Waals surface area (Å²) in [6.07, 6.45) is 1.97. The Morgan fingerprint density at radius 3 is 2.71 bits per heavy atom. The monoisotopic (exact) mass is 494 g/mol. The van der Waals surface area contributed by atoms with Gasteiger partial charge in [0.25, 0.3) is 0 Å². The Hall–Kier alpha value is -2.66. The molecule has 2 amide bonds. The van der Waals surface area contributed by atoms with Crippen LogP contribution in [-0.4, -0.2) is 71.4 Å². The summed E-state index contributed by atoms with van der Waals surface area (Å²) >= 11 is 0. The molecule has 2 aliphatic rings. The van der Waals surface area contributed by atoms with E-state index in [-0.39, 0.29) is 36.3 Å². The third kappa shape index (κ3) is 4.63. The van der Waals surface area contributed by atoms with Crippen LogP contribution in [0, 0.1) is 5.82 Å². The number of alkyl carbamates (subject to hydrolysis) is 1. The summed E-state index contributed by atoms with van der Waals surface area (Å²) < 4.78 is 44.5. The Morgan fingerprint density at radius 2 is 2.06 bits per heavy atom. The molecule has 4 atom stereocenters. The minimum atomic E-state index is -2.84. The fourth-order valence-corrected chi connectivity index (χ4v) is 6.00. The first-order valence-electron chi connectivity index (χ1n) is 11.5. The zero-order valence-electron chi connectivity index (χ0n) is 19.7. The van der Waals surface area contributed by atoms with Crippen LogP contribution in [0.25, 0.3) is 10.9 Å². The lowest BCUT2D eigenvalue weighted by Crippen LogP contribution is -2.52. The topological polar surface area (TPSA) is 112 Å². The molecule has 1 aromatic carbocycles. The van der Waals surface area contributed by atoms with Crippen LogP contribution in [0.15, 0.2) is 24.4 Å². The number of hydrogen-bond donors (Lipinski definition) is 3. The van der Waals surface area contributed by atoms with Gasteiger partial charge in [-0.15, -0.1) is 0 Å². The van der Waals surface area contributed by atoms with Crippen molar-refractivity contribution in [2.75, 3.05) is 13.1 Å². The highest BCUT2D eigenvalue weighted by atomic mass is 32.2. The van der Waals surface area contributed by atoms with Crippen LogP contribution in [0.1, 0.15) is 52.0 Å². The number of amides is 2. The van der Waals surface area contributed by atoms with Gasteiger partial charge in [0.1, 0.15) is 17.5 Å². The maximum Gasteiger partial charge on any atom is 0.408 e. The van der Waals surface area contributed by atoms with Crippen molar-refractivity contribution in [3.05, 3.63) is 35.8 Å². The quantitative estimate of drug-likeness (QED) is 0.553. The first-order valence-corrected chi connectivity index (χ1v) is 12.6. The van der Waals surface area contributed by atoms with Gasteiger partial charge in [0.2, 0.25) is 16.8 Å². The highest BCUT2D eigenvalue weighted by molar-refractivity contribution is 7.69. The molecule has 9 nitrogen and oxygen atoms in total. The lowest BCUT2D eigenvalue weighted by atomic mass is 9.91. The number of rotatable bonds is 5. The van der Waals surface area contributed by atoms with Gasteiger partial charge in [-0.25, -0.2) is 17.6 Å². The fourth-order valence-electron chi connectivity index (χ4n) is 5.20. The zero-order chi connectivity index (χ0) is 24.8. The van der Waals surface area contributed by atoms with E-state index in [0.717, 1.165) is 10.9 Å². The Balaban J connectivity index is 1.64. The Labute approximate surface area is 199 Å². The van der Waals surface area contributed by atoms with E-state index in [9.17, 15) is 22.4 Å². The van der Waals surface area contributed by atoms with Crippen LogP contribution in [0.4, 0.5) is 9.18 Å². The average Bonchev–Trinajstić information content (AvgIpc) is 3.43. The van der Waals surface area contributed by atoms with Crippen LogP contribution >= 0.6 is 0 Å². The molecule has 3 heterocycles. The van der Waals surface area contributed by atoms with E-state index in [1.54, 1.807) is 44.9 Å². The second-order valence-corrected chi connectivity index (χ2v) is 10.9. The molecule has 1 unspecified atom stereocenters. The molecule has 2 N–H and O–H groups in total. The minimum Gasteiger partial charge on any atom is -0.444 e. The standard InChI is InChI=1S/C23H31FN4O5S/c1-5-17(26-22(30)33-23(2,3)4)21(29)27-9-8-19-20(27)16(12-28(19)34(31)32)15-11-25-18-10-13(24)6-7-14(15)18/h6-7,10-11,16-17,19-20,25,34H,5,8-9,12H2,1-4H3,(H,26,30)/t16-,17?,19+,20+/m0/s1. The molecule has 11 heteroatoms. The molecule has 2 aliphatic heterocycles. The highest BCUT2D eigenvalue weighted by Gasteiger charge is 2.52. The van der Waals surface area contributed by atoms with Crippen molar-refractivity contribution >= 4 is 33.8 Å². The van der Waals surface area contributed by atoms with Crippen molar-refractivity contribution in [1.29, 1.82) is 0 Å².